The van der Waals surface area contributed by atoms with Gasteiger partial charge in [-0.2, -0.15) is 0 Å². The largest absolute Gasteiger partial charge is 0.314 e. The molecule has 1 N–H and O–H groups in total. The lowest BCUT2D eigenvalue weighted by molar-refractivity contribution is 0.0665. The highest BCUT2D eigenvalue weighted by molar-refractivity contribution is 4.87. The molecule has 3 fully saturated rings. The van der Waals surface area contributed by atoms with Crippen LogP contribution in [-0.4, -0.2) is 36.6 Å². The zero-order valence-corrected chi connectivity index (χ0v) is 12.7. The van der Waals surface area contributed by atoms with Gasteiger partial charge in [0.1, 0.15) is 0 Å². The van der Waals surface area contributed by atoms with E-state index < -0.39 is 0 Å². The zero-order chi connectivity index (χ0) is 13.1. The number of hydrogen-bond acceptors (Lipinski definition) is 2. The van der Waals surface area contributed by atoms with Crippen LogP contribution >= 0.6 is 0 Å². The summed E-state index contributed by atoms with van der Waals surface area (Å²) in [6, 6.07) is 1.82. The molecule has 2 unspecified atom stereocenters. The summed E-state index contributed by atoms with van der Waals surface area (Å²) in [7, 11) is 0. The molecule has 0 spiro atoms. The monoisotopic (exact) mass is 264 g/mol. The van der Waals surface area contributed by atoms with Crippen molar-refractivity contribution in [1.29, 1.82) is 0 Å². The molecular weight excluding hydrogens is 232 g/mol. The number of hydrogen-bond donors (Lipinski definition) is 1. The minimum atomic E-state index is 0.890. The van der Waals surface area contributed by atoms with E-state index in [1.165, 1.54) is 77.4 Å². The maximum atomic E-state index is 3.72. The quantitative estimate of drug-likeness (QED) is 0.818. The third-order valence-corrected chi connectivity index (χ3v) is 5.78. The van der Waals surface area contributed by atoms with E-state index in [0.717, 1.165) is 23.9 Å². The fourth-order valence-corrected chi connectivity index (χ4v) is 4.25. The Morgan fingerprint density at radius 3 is 2.37 bits per heavy atom. The summed E-state index contributed by atoms with van der Waals surface area (Å²) in [5, 5.41) is 3.72. The SMILES string of the molecule is CCC1CCCCC1N1CCC(CNC2CC2)CC1. The molecule has 0 aromatic carbocycles. The molecule has 3 rings (SSSR count). The van der Waals surface area contributed by atoms with Crippen LogP contribution in [-0.2, 0) is 0 Å². The summed E-state index contributed by atoms with van der Waals surface area (Å²) in [5.41, 5.74) is 0. The molecule has 0 aromatic heterocycles. The van der Waals surface area contributed by atoms with Crippen molar-refractivity contribution < 1.29 is 0 Å². The molecule has 0 amide bonds. The van der Waals surface area contributed by atoms with E-state index in [4.69, 9.17) is 0 Å². The van der Waals surface area contributed by atoms with Crippen LogP contribution in [0.15, 0.2) is 0 Å². The lowest BCUT2D eigenvalue weighted by atomic mass is 9.80. The van der Waals surface area contributed by atoms with Gasteiger partial charge in [-0.3, -0.25) is 0 Å². The fourth-order valence-electron chi connectivity index (χ4n) is 4.25. The van der Waals surface area contributed by atoms with Gasteiger partial charge in [0.25, 0.3) is 0 Å². The van der Waals surface area contributed by atoms with Crippen LogP contribution in [0, 0.1) is 11.8 Å². The van der Waals surface area contributed by atoms with Gasteiger partial charge in [0.2, 0.25) is 0 Å². The Labute approximate surface area is 119 Å². The second-order valence-corrected chi connectivity index (χ2v) is 7.18. The Kier molecular flexibility index (Phi) is 4.81. The van der Waals surface area contributed by atoms with Gasteiger partial charge in [-0.15, -0.1) is 0 Å². The lowest BCUT2D eigenvalue weighted by Crippen LogP contribution is -2.47. The molecule has 1 saturated heterocycles. The molecule has 110 valence electrons. The van der Waals surface area contributed by atoms with Crippen LogP contribution in [0.1, 0.15) is 64.7 Å². The van der Waals surface area contributed by atoms with E-state index >= 15 is 0 Å². The number of nitrogens with zero attached hydrogens (tertiary/aromatic N) is 1. The third kappa shape index (κ3) is 3.72. The first-order chi connectivity index (χ1) is 9.36. The van der Waals surface area contributed by atoms with Crippen molar-refractivity contribution in [3.05, 3.63) is 0 Å². The Hall–Kier alpha value is -0.0800. The molecule has 2 atom stereocenters. The molecule has 2 nitrogen and oxygen atoms in total. The van der Waals surface area contributed by atoms with Gasteiger partial charge in [-0.05, 0) is 70.0 Å². The van der Waals surface area contributed by atoms with Crippen molar-refractivity contribution in [2.45, 2.75) is 76.8 Å². The van der Waals surface area contributed by atoms with Crippen LogP contribution in [0.3, 0.4) is 0 Å². The fraction of sp³-hybridized carbons (Fsp3) is 1.00. The smallest absolute Gasteiger partial charge is 0.0123 e. The molecule has 2 aliphatic carbocycles. The second-order valence-electron chi connectivity index (χ2n) is 7.18. The first-order valence-corrected chi connectivity index (χ1v) is 8.84. The Bertz CT molecular complexity index is 266. The van der Waals surface area contributed by atoms with Gasteiger partial charge < -0.3 is 10.2 Å². The lowest BCUT2D eigenvalue weighted by Gasteiger charge is -2.43. The summed E-state index contributed by atoms with van der Waals surface area (Å²) in [6.45, 7) is 6.44. The van der Waals surface area contributed by atoms with Gasteiger partial charge >= 0.3 is 0 Å². The molecule has 1 heterocycles. The Morgan fingerprint density at radius 2 is 1.68 bits per heavy atom. The number of piperidine rings is 1. The van der Waals surface area contributed by atoms with Crippen LogP contribution in [0.5, 0.6) is 0 Å². The van der Waals surface area contributed by atoms with E-state index in [-0.39, 0.29) is 0 Å². The molecule has 1 aliphatic heterocycles. The van der Waals surface area contributed by atoms with Gasteiger partial charge in [0, 0.05) is 12.1 Å². The molecule has 3 aliphatic rings. The molecule has 2 heteroatoms. The number of rotatable bonds is 5. The first-order valence-electron chi connectivity index (χ1n) is 8.84. The number of nitrogens with one attached hydrogen (secondary N) is 1. The minimum absolute atomic E-state index is 0.890. The average molecular weight is 264 g/mol. The van der Waals surface area contributed by atoms with E-state index in [9.17, 15) is 0 Å². The second kappa shape index (κ2) is 6.58. The number of likely N-dealkylation sites (tertiary alicyclic amines) is 1. The topological polar surface area (TPSA) is 15.3 Å². The van der Waals surface area contributed by atoms with E-state index in [1.807, 2.05) is 0 Å². The average Bonchev–Trinajstić information content (AvgIpc) is 3.30. The van der Waals surface area contributed by atoms with Crippen molar-refractivity contribution in [3.8, 4) is 0 Å². The van der Waals surface area contributed by atoms with Gasteiger partial charge in [-0.25, -0.2) is 0 Å². The maximum Gasteiger partial charge on any atom is 0.0123 e. The molecule has 0 radical (unpaired) electrons. The van der Waals surface area contributed by atoms with E-state index in [0.29, 0.717) is 0 Å². The van der Waals surface area contributed by atoms with Crippen molar-refractivity contribution in [2.24, 2.45) is 11.8 Å². The third-order valence-electron chi connectivity index (χ3n) is 5.78. The maximum absolute atomic E-state index is 3.72. The van der Waals surface area contributed by atoms with Gasteiger partial charge in [0.05, 0.1) is 0 Å². The highest BCUT2D eigenvalue weighted by Crippen LogP contribution is 2.33. The highest BCUT2D eigenvalue weighted by atomic mass is 15.2. The van der Waals surface area contributed by atoms with Crippen molar-refractivity contribution in [2.75, 3.05) is 19.6 Å². The summed E-state index contributed by atoms with van der Waals surface area (Å²) in [5.74, 6) is 1.95. The zero-order valence-electron chi connectivity index (χ0n) is 12.7. The molecule has 0 bridgehead atoms. The van der Waals surface area contributed by atoms with Crippen molar-refractivity contribution >= 4 is 0 Å². The van der Waals surface area contributed by atoms with Crippen LogP contribution in [0.25, 0.3) is 0 Å². The predicted molar refractivity (Wildman–Crippen MR) is 81.4 cm³/mol. The molecule has 2 saturated carbocycles. The van der Waals surface area contributed by atoms with Crippen LogP contribution in [0.2, 0.25) is 0 Å². The Balaban J connectivity index is 1.42. The summed E-state index contributed by atoms with van der Waals surface area (Å²) < 4.78 is 0. The van der Waals surface area contributed by atoms with Crippen molar-refractivity contribution in [1.82, 2.24) is 10.2 Å². The van der Waals surface area contributed by atoms with Crippen molar-refractivity contribution in [3.63, 3.8) is 0 Å². The van der Waals surface area contributed by atoms with Crippen LogP contribution < -0.4 is 5.32 Å². The van der Waals surface area contributed by atoms with E-state index in [1.54, 1.807) is 0 Å². The normalized spacial score (nSPS) is 34.6. The highest BCUT2D eigenvalue weighted by Gasteiger charge is 2.31. The van der Waals surface area contributed by atoms with Gasteiger partial charge in [-0.1, -0.05) is 26.2 Å². The minimum Gasteiger partial charge on any atom is -0.314 e. The predicted octanol–water partition coefficient (Wildman–Crippen LogP) is 3.42. The standard InChI is InChI=1S/C17H32N2/c1-2-15-5-3-4-6-17(15)19-11-9-14(10-12-19)13-18-16-7-8-16/h14-18H,2-13H2,1H3. The molecule has 0 aromatic rings. The summed E-state index contributed by atoms with van der Waals surface area (Å²) >= 11 is 0. The Morgan fingerprint density at radius 1 is 0.947 bits per heavy atom. The summed E-state index contributed by atoms with van der Waals surface area (Å²) in [6.07, 6.45) is 13.1. The first kappa shape index (κ1) is 13.9. The summed E-state index contributed by atoms with van der Waals surface area (Å²) in [4.78, 5) is 2.85. The molecule has 19 heavy (non-hydrogen) atoms. The van der Waals surface area contributed by atoms with E-state index in [2.05, 4.69) is 17.1 Å². The van der Waals surface area contributed by atoms with Gasteiger partial charge in [0.15, 0.2) is 0 Å². The van der Waals surface area contributed by atoms with Crippen LogP contribution in [0.4, 0.5) is 0 Å². The molecular formula is C17H32N2.